The van der Waals surface area contributed by atoms with Crippen LogP contribution in [0.1, 0.15) is 29.1 Å². The SMILES string of the molecule is CC1c2ncc(-c3cnccn3)n2CCN1C(=O)c1cccc(Cl)c1Cl. The van der Waals surface area contributed by atoms with Gasteiger partial charge in [0, 0.05) is 25.5 Å². The van der Waals surface area contributed by atoms with Gasteiger partial charge in [0.1, 0.15) is 11.5 Å². The molecule has 1 aliphatic rings. The maximum absolute atomic E-state index is 13.0. The molecule has 0 N–H and O–H groups in total. The van der Waals surface area contributed by atoms with E-state index in [-0.39, 0.29) is 17.0 Å². The smallest absolute Gasteiger partial charge is 0.256 e. The molecule has 1 aliphatic heterocycles. The molecule has 2 aromatic heterocycles. The first kappa shape index (κ1) is 17.0. The number of carbonyl (C=O) groups is 1. The molecule has 3 heterocycles. The molecule has 1 unspecified atom stereocenters. The van der Waals surface area contributed by atoms with Gasteiger partial charge in [-0.2, -0.15) is 0 Å². The van der Waals surface area contributed by atoms with Crippen molar-refractivity contribution in [3.63, 3.8) is 0 Å². The molecule has 0 aliphatic carbocycles. The van der Waals surface area contributed by atoms with Gasteiger partial charge in [-0.3, -0.25) is 14.8 Å². The molecule has 1 aromatic carbocycles. The van der Waals surface area contributed by atoms with E-state index in [9.17, 15) is 4.79 Å². The highest BCUT2D eigenvalue weighted by Crippen LogP contribution is 2.32. The Labute approximate surface area is 160 Å². The zero-order valence-electron chi connectivity index (χ0n) is 13.9. The van der Waals surface area contributed by atoms with Crippen LogP contribution in [0.5, 0.6) is 0 Å². The first-order valence-corrected chi connectivity index (χ1v) is 8.90. The zero-order valence-corrected chi connectivity index (χ0v) is 15.4. The maximum Gasteiger partial charge on any atom is 0.256 e. The molecule has 1 amide bonds. The molecule has 0 spiro atoms. The summed E-state index contributed by atoms with van der Waals surface area (Å²) in [6, 6.07) is 4.88. The number of rotatable bonds is 2. The monoisotopic (exact) mass is 387 g/mol. The summed E-state index contributed by atoms with van der Waals surface area (Å²) in [5, 5.41) is 0.647. The van der Waals surface area contributed by atoms with Crippen LogP contribution in [-0.4, -0.2) is 36.9 Å². The summed E-state index contributed by atoms with van der Waals surface area (Å²) in [7, 11) is 0. The highest BCUT2D eigenvalue weighted by atomic mass is 35.5. The van der Waals surface area contributed by atoms with Crippen molar-refractivity contribution in [1.29, 1.82) is 0 Å². The Bertz CT molecular complexity index is 973. The van der Waals surface area contributed by atoms with Crippen molar-refractivity contribution < 1.29 is 4.79 Å². The second-order valence-electron chi connectivity index (χ2n) is 6.02. The van der Waals surface area contributed by atoms with Crippen LogP contribution in [0.15, 0.2) is 43.0 Å². The molecule has 0 saturated heterocycles. The minimum atomic E-state index is -0.197. The summed E-state index contributed by atoms with van der Waals surface area (Å²) in [6.07, 6.45) is 6.77. The maximum atomic E-state index is 13.0. The van der Waals surface area contributed by atoms with Gasteiger partial charge < -0.3 is 9.47 Å². The van der Waals surface area contributed by atoms with Gasteiger partial charge >= 0.3 is 0 Å². The third-order valence-electron chi connectivity index (χ3n) is 4.56. The van der Waals surface area contributed by atoms with Crippen molar-refractivity contribution in [3.8, 4) is 11.4 Å². The molecule has 0 bridgehead atoms. The van der Waals surface area contributed by atoms with Crippen molar-refractivity contribution in [2.75, 3.05) is 6.54 Å². The lowest BCUT2D eigenvalue weighted by Gasteiger charge is -2.34. The standard InChI is InChI=1S/C18H15Cl2N5O/c1-11-17-23-10-15(14-9-21-5-6-22-14)25(17)8-7-24(11)18(26)12-3-2-4-13(19)16(12)20/h2-6,9-11H,7-8H2,1H3. The lowest BCUT2D eigenvalue weighted by Crippen LogP contribution is -2.41. The van der Waals surface area contributed by atoms with Gasteiger partial charge in [-0.25, -0.2) is 4.98 Å². The largest absolute Gasteiger partial charge is 0.327 e. The third kappa shape index (κ3) is 2.75. The van der Waals surface area contributed by atoms with Crippen LogP contribution in [0.3, 0.4) is 0 Å². The minimum absolute atomic E-state index is 0.152. The van der Waals surface area contributed by atoms with E-state index in [0.29, 0.717) is 23.7 Å². The first-order valence-electron chi connectivity index (χ1n) is 8.14. The fraction of sp³-hybridized carbons (Fsp3) is 0.222. The number of hydrogen-bond donors (Lipinski definition) is 0. The molecule has 0 saturated carbocycles. The highest BCUT2D eigenvalue weighted by Gasteiger charge is 2.32. The number of nitrogens with zero attached hydrogens (tertiary/aromatic N) is 5. The third-order valence-corrected chi connectivity index (χ3v) is 5.38. The van der Waals surface area contributed by atoms with Gasteiger partial charge in [-0.15, -0.1) is 0 Å². The number of fused-ring (bicyclic) bond motifs is 1. The minimum Gasteiger partial charge on any atom is -0.327 e. The Balaban J connectivity index is 1.67. The fourth-order valence-electron chi connectivity index (χ4n) is 3.24. The second-order valence-corrected chi connectivity index (χ2v) is 6.80. The predicted molar refractivity (Wildman–Crippen MR) is 99.2 cm³/mol. The van der Waals surface area contributed by atoms with Gasteiger partial charge in [0.15, 0.2) is 0 Å². The molecule has 0 fully saturated rings. The normalized spacial score (nSPS) is 16.4. The van der Waals surface area contributed by atoms with Crippen LogP contribution in [0.2, 0.25) is 10.0 Å². The summed E-state index contributed by atoms with van der Waals surface area (Å²) >= 11 is 12.3. The molecule has 6 nitrogen and oxygen atoms in total. The Kier molecular flexibility index (Phi) is 4.38. The van der Waals surface area contributed by atoms with Crippen LogP contribution in [0, 0.1) is 0 Å². The van der Waals surface area contributed by atoms with Gasteiger partial charge in [-0.1, -0.05) is 29.3 Å². The zero-order chi connectivity index (χ0) is 18.3. The number of carbonyl (C=O) groups excluding carboxylic acids is 1. The van der Waals surface area contributed by atoms with Crippen molar-refractivity contribution in [1.82, 2.24) is 24.4 Å². The topological polar surface area (TPSA) is 63.9 Å². The van der Waals surface area contributed by atoms with Gasteiger partial charge in [0.2, 0.25) is 0 Å². The number of imidazole rings is 1. The molecule has 1 atom stereocenters. The fourth-order valence-corrected chi connectivity index (χ4v) is 3.62. The van der Waals surface area contributed by atoms with E-state index in [1.54, 1.807) is 47.9 Å². The number of halogens is 2. The van der Waals surface area contributed by atoms with E-state index >= 15 is 0 Å². The van der Waals surface area contributed by atoms with E-state index in [0.717, 1.165) is 17.2 Å². The molecular formula is C18H15Cl2N5O. The van der Waals surface area contributed by atoms with Gasteiger partial charge in [0.25, 0.3) is 5.91 Å². The van der Waals surface area contributed by atoms with Crippen molar-refractivity contribution in [2.24, 2.45) is 0 Å². The summed E-state index contributed by atoms with van der Waals surface area (Å²) in [6.45, 7) is 3.11. The van der Waals surface area contributed by atoms with E-state index in [4.69, 9.17) is 23.2 Å². The number of benzene rings is 1. The molecular weight excluding hydrogens is 373 g/mol. The van der Waals surface area contributed by atoms with Crippen LogP contribution in [0.4, 0.5) is 0 Å². The van der Waals surface area contributed by atoms with Gasteiger partial charge in [0.05, 0.1) is 39.7 Å². The summed E-state index contributed by atoms with van der Waals surface area (Å²) in [4.78, 5) is 27.7. The van der Waals surface area contributed by atoms with Crippen LogP contribution in [0.25, 0.3) is 11.4 Å². The molecule has 0 radical (unpaired) electrons. The summed E-state index contributed by atoms with van der Waals surface area (Å²) < 4.78 is 2.08. The molecule has 132 valence electrons. The Morgan fingerprint density at radius 1 is 1.15 bits per heavy atom. The van der Waals surface area contributed by atoms with Crippen LogP contribution in [-0.2, 0) is 6.54 Å². The average Bonchev–Trinajstić information content (AvgIpc) is 3.09. The van der Waals surface area contributed by atoms with Crippen molar-refractivity contribution >= 4 is 29.1 Å². The lowest BCUT2D eigenvalue weighted by atomic mass is 10.1. The van der Waals surface area contributed by atoms with E-state index in [2.05, 4.69) is 19.5 Å². The quantitative estimate of drug-likeness (QED) is 0.669. The number of aromatic nitrogens is 4. The Morgan fingerprint density at radius 3 is 2.77 bits per heavy atom. The lowest BCUT2D eigenvalue weighted by molar-refractivity contribution is 0.0639. The predicted octanol–water partition coefficient (Wildman–Crippen LogP) is 3.86. The molecule has 3 aromatic rings. The first-order chi connectivity index (χ1) is 12.6. The Hall–Kier alpha value is -2.44. The van der Waals surface area contributed by atoms with E-state index in [1.165, 1.54) is 0 Å². The molecule has 26 heavy (non-hydrogen) atoms. The highest BCUT2D eigenvalue weighted by molar-refractivity contribution is 6.43. The molecule has 8 heteroatoms. The van der Waals surface area contributed by atoms with Crippen LogP contribution >= 0.6 is 23.2 Å². The van der Waals surface area contributed by atoms with E-state index in [1.807, 2.05) is 6.92 Å². The number of hydrogen-bond acceptors (Lipinski definition) is 4. The summed E-state index contributed by atoms with van der Waals surface area (Å²) in [5.74, 6) is 0.656. The summed E-state index contributed by atoms with van der Waals surface area (Å²) in [5.41, 5.74) is 2.06. The number of amides is 1. The van der Waals surface area contributed by atoms with Gasteiger partial charge in [-0.05, 0) is 19.1 Å². The van der Waals surface area contributed by atoms with Crippen molar-refractivity contribution in [2.45, 2.75) is 19.5 Å². The second kappa shape index (κ2) is 6.70. The Morgan fingerprint density at radius 2 is 2.00 bits per heavy atom. The van der Waals surface area contributed by atoms with E-state index < -0.39 is 0 Å². The molecule has 4 rings (SSSR count). The van der Waals surface area contributed by atoms with Crippen molar-refractivity contribution in [3.05, 3.63) is 64.4 Å². The average molecular weight is 388 g/mol. The van der Waals surface area contributed by atoms with Crippen LogP contribution < -0.4 is 0 Å².